The Bertz CT molecular complexity index is 1810. The van der Waals surface area contributed by atoms with Crippen molar-refractivity contribution in [3.8, 4) is 0 Å². The fourth-order valence-corrected chi connectivity index (χ4v) is 7.33. The molecule has 0 spiro atoms. The first-order valence-corrected chi connectivity index (χ1v) is 29.6. The summed E-state index contributed by atoms with van der Waals surface area (Å²) >= 11 is 0. The topological polar surface area (TPSA) is 111 Å². The van der Waals surface area contributed by atoms with Crippen molar-refractivity contribution in [2.45, 2.75) is 206 Å². The molecule has 0 aromatic rings. The van der Waals surface area contributed by atoms with Crippen molar-refractivity contribution in [1.82, 2.24) is 0 Å². The Morgan fingerprint density at radius 2 is 0.740 bits per heavy atom. The van der Waals surface area contributed by atoms with Crippen molar-refractivity contribution in [1.29, 1.82) is 0 Å². The third-order valence-corrected chi connectivity index (χ3v) is 11.8. The molecule has 0 aromatic carbocycles. The van der Waals surface area contributed by atoms with Crippen LogP contribution in [0.25, 0.3) is 0 Å². The number of aliphatic carboxylic acids is 1. The van der Waals surface area contributed by atoms with Crippen LogP contribution in [-0.4, -0.2) is 82.3 Å². The van der Waals surface area contributed by atoms with Gasteiger partial charge in [-0.1, -0.05) is 236 Å². The largest absolute Gasteiger partial charge is 0.545 e. The summed E-state index contributed by atoms with van der Waals surface area (Å²) in [6, 6.07) is 0. The number of hydrogen-bond donors (Lipinski definition) is 0. The number of carbonyl (C=O) groups excluding carboxylic acids is 3. The Balaban J connectivity index is 4.22. The zero-order valence-electron chi connectivity index (χ0n) is 49.0. The molecule has 2 unspecified atom stereocenters. The van der Waals surface area contributed by atoms with E-state index in [1.54, 1.807) is 6.08 Å². The summed E-state index contributed by atoms with van der Waals surface area (Å²) < 4.78 is 22.5. The Morgan fingerprint density at radius 1 is 0.403 bits per heavy atom. The van der Waals surface area contributed by atoms with E-state index >= 15 is 0 Å². The number of carboxylic acid groups (broad SMARTS) is 1. The zero-order valence-corrected chi connectivity index (χ0v) is 49.0. The van der Waals surface area contributed by atoms with E-state index in [-0.39, 0.29) is 32.7 Å². The molecule has 0 saturated heterocycles. The Labute approximate surface area is 470 Å². The molecule has 9 nitrogen and oxygen atoms in total. The highest BCUT2D eigenvalue weighted by Crippen LogP contribution is 2.14. The van der Waals surface area contributed by atoms with Gasteiger partial charge < -0.3 is 33.3 Å². The van der Waals surface area contributed by atoms with Crippen LogP contribution in [0.2, 0.25) is 0 Å². The lowest BCUT2D eigenvalue weighted by Gasteiger charge is -2.26. The number of quaternary nitrogens is 1. The predicted octanol–water partition coefficient (Wildman–Crippen LogP) is 16.4. The number of hydrogen-bond acceptors (Lipinski definition) is 8. The standard InChI is InChI=1S/C68H107NO8/c1-6-8-10-12-14-16-18-20-22-23-24-25-26-27-28-29-30-31-32-33-34-35-36-37-38-39-40-41-42-43-45-47-49-51-53-55-57-59-66(71)77-64(63-76-68(67(72)73)74-61-60-69(3,4)5)62-75-65(70)58-56-54-52-50-48-46-44-21-19-17-15-13-11-9-7-2/h8-11,14-17,20-22,24-25,27-28,30-31,33-34,36-37,44,48,50,54,56,64,68H,6-7,12-13,18-19,23,26,29,32,35,38-43,45-47,49,51-53,55,57-63H2,1-5H3/b10-8-,11-9-,16-14-,17-15-,22-20-,25-24-,28-27-,31-30-,34-33-,37-36-,44-21-,50-48-,56-54-. The maximum Gasteiger partial charge on any atom is 0.309 e. The SMILES string of the molecule is CC/C=C\C/C=C\C/C=C\C/C=C\C/C=C\C/C=C\C/C=C\C/C=C\CCCCCCCCCCCCCCC(=O)OC(COC(=O)C/C=C\C/C=C\C/C=C\C/C=C\C/C=C\CC)COC(OCC[N+](C)(C)C)C(=O)[O-]. The monoisotopic (exact) mass is 1070 g/mol. The van der Waals surface area contributed by atoms with Crippen LogP contribution in [0.3, 0.4) is 0 Å². The lowest BCUT2D eigenvalue weighted by atomic mass is 10.0. The van der Waals surface area contributed by atoms with E-state index in [9.17, 15) is 19.5 Å². The number of carboxylic acids is 1. The van der Waals surface area contributed by atoms with E-state index in [0.717, 1.165) is 103 Å². The Hall–Kier alpha value is -5.09. The van der Waals surface area contributed by atoms with E-state index in [1.807, 2.05) is 33.3 Å². The molecule has 9 heteroatoms. The molecule has 432 valence electrons. The molecule has 0 aromatic heterocycles. The molecule has 0 radical (unpaired) electrons. The summed E-state index contributed by atoms with van der Waals surface area (Å²) in [5.41, 5.74) is 0. The normalized spacial score (nSPS) is 13.9. The second kappa shape index (κ2) is 57.1. The summed E-state index contributed by atoms with van der Waals surface area (Å²) in [6.45, 7) is 4.37. The molecular weight excluding hydrogens is 959 g/mol. The summed E-state index contributed by atoms with van der Waals surface area (Å²) in [5.74, 6) is -2.47. The van der Waals surface area contributed by atoms with Gasteiger partial charge in [0.05, 0.1) is 46.7 Å². The number of ether oxygens (including phenoxy) is 4. The van der Waals surface area contributed by atoms with Gasteiger partial charge in [0.25, 0.3) is 0 Å². The summed E-state index contributed by atoms with van der Waals surface area (Å²) in [5, 5.41) is 11.8. The third-order valence-electron chi connectivity index (χ3n) is 11.8. The first-order chi connectivity index (χ1) is 37.6. The lowest BCUT2D eigenvalue weighted by Crippen LogP contribution is -2.44. The molecule has 2 atom stereocenters. The average Bonchev–Trinajstić information content (AvgIpc) is 3.40. The van der Waals surface area contributed by atoms with Gasteiger partial charge in [0, 0.05) is 6.42 Å². The molecule has 0 fully saturated rings. The van der Waals surface area contributed by atoms with Gasteiger partial charge in [-0.2, -0.15) is 0 Å². The van der Waals surface area contributed by atoms with Gasteiger partial charge in [-0.05, 0) is 103 Å². The van der Waals surface area contributed by atoms with E-state index < -0.39 is 30.3 Å². The quantitative estimate of drug-likeness (QED) is 0.0195. The number of esters is 2. The number of likely N-dealkylation sites (N-methyl/N-ethyl adjacent to an activating group) is 1. The zero-order chi connectivity index (χ0) is 56.2. The number of rotatable bonds is 52. The van der Waals surface area contributed by atoms with Gasteiger partial charge in [0.15, 0.2) is 12.4 Å². The van der Waals surface area contributed by atoms with E-state index in [4.69, 9.17) is 18.9 Å². The van der Waals surface area contributed by atoms with Crippen molar-refractivity contribution in [3.05, 3.63) is 158 Å². The van der Waals surface area contributed by atoms with Gasteiger partial charge in [-0.15, -0.1) is 0 Å². The van der Waals surface area contributed by atoms with Crippen LogP contribution in [0.4, 0.5) is 0 Å². The second-order valence-electron chi connectivity index (χ2n) is 20.2. The predicted molar refractivity (Wildman–Crippen MR) is 324 cm³/mol. The maximum absolute atomic E-state index is 12.9. The molecule has 0 N–H and O–H groups in total. The number of carbonyl (C=O) groups is 3. The molecule has 77 heavy (non-hydrogen) atoms. The molecule has 0 aliphatic heterocycles. The Kier molecular flexibility index (Phi) is 53.3. The summed E-state index contributed by atoms with van der Waals surface area (Å²) in [7, 11) is 5.88. The number of nitrogens with zero attached hydrogens (tertiary/aromatic N) is 1. The average molecular weight is 1070 g/mol. The van der Waals surface area contributed by atoms with Gasteiger partial charge in [-0.3, -0.25) is 9.59 Å². The van der Waals surface area contributed by atoms with Crippen molar-refractivity contribution >= 4 is 17.9 Å². The van der Waals surface area contributed by atoms with E-state index in [0.29, 0.717) is 23.9 Å². The summed E-state index contributed by atoms with van der Waals surface area (Å²) in [6.07, 6.45) is 81.9. The minimum atomic E-state index is -1.65. The Morgan fingerprint density at radius 3 is 1.10 bits per heavy atom. The van der Waals surface area contributed by atoms with Crippen LogP contribution in [-0.2, 0) is 33.3 Å². The fourth-order valence-electron chi connectivity index (χ4n) is 7.33. The number of allylic oxidation sites excluding steroid dienone is 25. The fraction of sp³-hybridized carbons (Fsp3) is 0.574. The van der Waals surface area contributed by atoms with E-state index in [2.05, 4.69) is 154 Å². The maximum atomic E-state index is 12.9. The molecule has 0 amide bonds. The molecule has 0 rings (SSSR count). The van der Waals surface area contributed by atoms with Gasteiger partial charge >= 0.3 is 11.9 Å². The highest BCUT2D eigenvalue weighted by atomic mass is 16.7. The van der Waals surface area contributed by atoms with Crippen LogP contribution in [0, 0.1) is 0 Å². The molecule has 0 saturated carbocycles. The van der Waals surface area contributed by atoms with Crippen LogP contribution in [0.5, 0.6) is 0 Å². The second-order valence-corrected chi connectivity index (χ2v) is 20.2. The van der Waals surface area contributed by atoms with Crippen LogP contribution in [0.15, 0.2) is 158 Å². The van der Waals surface area contributed by atoms with Gasteiger partial charge in [-0.25, -0.2) is 0 Å². The van der Waals surface area contributed by atoms with Gasteiger partial charge in [0.1, 0.15) is 13.2 Å². The lowest BCUT2D eigenvalue weighted by molar-refractivity contribution is -0.870. The molecule has 0 aliphatic rings. The van der Waals surface area contributed by atoms with Crippen molar-refractivity contribution in [2.24, 2.45) is 0 Å². The molecular formula is C68H107NO8. The molecule has 0 heterocycles. The van der Waals surface area contributed by atoms with Crippen molar-refractivity contribution in [3.63, 3.8) is 0 Å². The highest BCUT2D eigenvalue weighted by molar-refractivity contribution is 5.71. The first-order valence-electron chi connectivity index (χ1n) is 29.6. The number of unbranched alkanes of at least 4 members (excludes halogenated alkanes) is 12. The molecule has 0 aliphatic carbocycles. The van der Waals surface area contributed by atoms with Crippen LogP contribution in [0.1, 0.15) is 194 Å². The highest BCUT2D eigenvalue weighted by Gasteiger charge is 2.21. The van der Waals surface area contributed by atoms with Crippen LogP contribution >= 0.6 is 0 Å². The van der Waals surface area contributed by atoms with Gasteiger partial charge in [0.2, 0.25) is 0 Å². The van der Waals surface area contributed by atoms with Crippen LogP contribution < -0.4 is 5.11 Å². The van der Waals surface area contributed by atoms with Crippen molar-refractivity contribution < 1.29 is 42.9 Å². The first kappa shape index (κ1) is 71.9. The minimum Gasteiger partial charge on any atom is -0.545 e. The summed E-state index contributed by atoms with van der Waals surface area (Å²) in [4.78, 5) is 37.2. The third kappa shape index (κ3) is 58.4. The minimum absolute atomic E-state index is 0.0517. The molecule has 0 bridgehead atoms. The smallest absolute Gasteiger partial charge is 0.309 e. The van der Waals surface area contributed by atoms with Crippen molar-refractivity contribution in [2.75, 3.05) is 47.5 Å². The van der Waals surface area contributed by atoms with E-state index in [1.165, 1.54) is 51.4 Å².